The molecule has 0 aromatic carbocycles. The van der Waals surface area contributed by atoms with Gasteiger partial charge in [-0.3, -0.25) is 0 Å². The number of esters is 1. The summed E-state index contributed by atoms with van der Waals surface area (Å²) in [7, 11) is 0. The maximum atomic E-state index is 11.0. The van der Waals surface area contributed by atoms with Crippen molar-refractivity contribution in [3.8, 4) is 0 Å². The Balaban J connectivity index is 2.29. The first-order valence-corrected chi connectivity index (χ1v) is 3.81. The summed E-state index contributed by atoms with van der Waals surface area (Å²) in [6.07, 6.45) is 4.75. The lowest BCUT2D eigenvalue weighted by Gasteiger charge is -2.01. The fraction of sp³-hybridized carbons (Fsp3) is 0.625. The molecule has 1 rings (SSSR count). The third-order valence-corrected chi connectivity index (χ3v) is 1.63. The largest absolute Gasteiger partial charge is 0.460 e. The van der Waals surface area contributed by atoms with Crippen LogP contribution in [0.3, 0.4) is 0 Å². The average molecular weight is 156 g/mol. The second-order valence-corrected chi connectivity index (χ2v) is 2.48. The summed E-state index contributed by atoms with van der Waals surface area (Å²) in [5, 5.41) is 8.36. The molecule has 0 amide bonds. The third kappa shape index (κ3) is 2.35. The zero-order valence-electron chi connectivity index (χ0n) is 6.38. The first kappa shape index (κ1) is 8.27. The molecule has 0 spiro atoms. The highest BCUT2D eigenvalue weighted by atomic mass is 16.5. The van der Waals surface area contributed by atoms with Crippen molar-refractivity contribution in [2.75, 3.05) is 13.2 Å². The molecule has 0 unspecified atom stereocenters. The first-order chi connectivity index (χ1) is 5.34. The summed E-state index contributed by atoms with van der Waals surface area (Å²) < 4.78 is 4.72. The van der Waals surface area contributed by atoms with Crippen LogP contribution in [0.15, 0.2) is 11.6 Å². The number of carbonyl (C=O) groups excluding carboxylic acids is 1. The van der Waals surface area contributed by atoms with Crippen molar-refractivity contribution >= 4 is 5.97 Å². The maximum Gasteiger partial charge on any atom is 0.333 e. The van der Waals surface area contributed by atoms with E-state index >= 15 is 0 Å². The zero-order valence-corrected chi connectivity index (χ0v) is 6.38. The van der Waals surface area contributed by atoms with E-state index in [1.54, 1.807) is 0 Å². The van der Waals surface area contributed by atoms with Crippen LogP contribution in [0.4, 0.5) is 0 Å². The van der Waals surface area contributed by atoms with E-state index in [-0.39, 0.29) is 19.2 Å². The molecular formula is C8H12O3. The number of aliphatic hydroxyl groups excluding tert-OH is 1. The Labute approximate surface area is 65.7 Å². The first-order valence-electron chi connectivity index (χ1n) is 3.81. The van der Waals surface area contributed by atoms with Crippen LogP contribution in [0, 0.1) is 0 Å². The van der Waals surface area contributed by atoms with Gasteiger partial charge in [0.2, 0.25) is 0 Å². The molecule has 0 saturated heterocycles. The molecule has 1 aliphatic carbocycles. The van der Waals surface area contributed by atoms with Gasteiger partial charge >= 0.3 is 5.97 Å². The summed E-state index contributed by atoms with van der Waals surface area (Å²) in [5.74, 6) is -0.267. The van der Waals surface area contributed by atoms with Gasteiger partial charge in [0.1, 0.15) is 6.61 Å². The van der Waals surface area contributed by atoms with Gasteiger partial charge in [-0.2, -0.15) is 0 Å². The highest BCUT2D eigenvalue weighted by molar-refractivity contribution is 5.88. The lowest BCUT2D eigenvalue weighted by Crippen LogP contribution is -2.09. The van der Waals surface area contributed by atoms with Crippen molar-refractivity contribution in [3.63, 3.8) is 0 Å². The molecule has 62 valence electrons. The van der Waals surface area contributed by atoms with Gasteiger partial charge in [0.05, 0.1) is 6.61 Å². The van der Waals surface area contributed by atoms with Crippen LogP contribution in [0.1, 0.15) is 19.3 Å². The molecule has 0 atom stereocenters. The lowest BCUT2D eigenvalue weighted by molar-refractivity contribution is -0.140. The standard InChI is InChI=1S/C8H12O3/c9-5-6-11-8(10)7-3-1-2-4-7/h3,9H,1-2,4-6H2. The Bertz CT molecular complexity index is 172. The van der Waals surface area contributed by atoms with Gasteiger partial charge in [-0.05, 0) is 19.3 Å². The Morgan fingerprint density at radius 3 is 3.09 bits per heavy atom. The number of ether oxygens (including phenoxy) is 1. The van der Waals surface area contributed by atoms with Gasteiger partial charge < -0.3 is 9.84 Å². The Morgan fingerprint density at radius 1 is 1.73 bits per heavy atom. The van der Waals surface area contributed by atoms with Crippen molar-refractivity contribution in [3.05, 3.63) is 11.6 Å². The van der Waals surface area contributed by atoms with Gasteiger partial charge in [0, 0.05) is 5.57 Å². The number of aliphatic hydroxyl groups is 1. The molecule has 0 aromatic rings. The van der Waals surface area contributed by atoms with Gasteiger partial charge in [-0.25, -0.2) is 4.79 Å². The van der Waals surface area contributed by atoms with Crippen molar-refractivity contribution in [1.82, 2.24) is 0 Å². The normalized spacial score (nSPS) is 16.3. The second kappa shape index (κ2) is 4.13. The van der Waals surface area contributed by atoms with Crippen molar-refractivity contribution in [2.45, 2.75) is 19.3 Å². The smallest absolute Gasteiger partial charge is 0.333 e. The summed E-state index contributed by atoms with van der Waals surface area (Å²) in [6.45, 7) is 0.00912. The average Bonchev–Trinajstić information content (AvgIpc) is 2.52. The molecule has 3 heteroatoms. The van der Waals surface area contributed by atoms with E-state index in [4.69, 9.17) is 9.84 Å². The van der Waals surface area contributed by atoms with Crippen LogP contribution in [0.2, 0.25) is 0 Å². The highest BCUT2D eigenvalue weighted by Crippen LogP contribution is 2.18. The Kier molecular flexibility index (Phi) is 3.11. The molecule has 0 heterocycles. The van der Waals surface area contributed by atoms with Crippen LogP contribution >= 0.6 is 0 Å². The van der Waals surface area contributed by atoms with Gasteiger partial charge in [-0.1, -0.05) is 6.08 Å². The van der Waals surface area contributed by atoms with Crippen LogP contribution in [-0.4, -0.2) is 24.3 Å². The maximum absolute atomic E-state index is 11.0. The number of rotatable bonds is 3. The molecule has 0 saturated carbocycles. The van der Waals surface area contributed by atoms with E-state index in [0.717, 1.165) is 24.8 Å². The Morgan fingerprint density at radius 2 is 2.55 bits per heavy atom. The molecule has 3 nitrogen and oxygen atoms in total. The summed E-state index contributed by atoms with van der Waals surface area (Å²) in [6, 6.07) is 0. The SMILES string of the molecule is O=C(OCCO)C1=CCCC1. The van der Waals surface area contributed by atoms with Crippen LogP contribution < -0.4 is 0 Å². The number of carbonyl (C=O) groups is 1. The summed E-state index contributed by atoms with van der Waals surface area (Å²) in [5.41, 5.74) is 0.762. The Hall–Kier alpha value is -0.830. The molecule has 0 fully saturated rings. The minimum Gasteiger partial charge on any atom is -0.460 e. The molecule has 1 aliphatic rings. The molecule has 11 heavy (non-hydrogen) atoms. The van der Waals surface area contributed by atoms with E-state index in [1.165, 1.54) is 0 Å². The van der Waals surface area contributed by atoms with E-state index in [0.29, 0.717) is 0 Å². The van der Waals surface area contributed by atoms with Gasteiger partial charge in [0.15, 0.2) is 0 Å². The summed E-state index contributed by atoms with van der Waals surface area (Å²) >= 11 is 0. The molecule has 0 aromatic heterocycles. The van der Waals surface area contributed by atoms with Gasteiger partial charge in [-0.15, -0.1) is 0 Å². The highest BCUT2D eigenvalue weighted by Gasteiger charge is 2.13. The quantitative estimate of drug-likeness (QED) is 0.610. The van der Waals surface area contributed by atoms with E-state index in [1.807, 2.05) is 6.08 Å². The molecular weight excluding hydrogens is 144 g/mol. The molecule has 0 bridgehead atoms. The van der Waals surface area contributed by atoms with Crippen LogP contribution in [-0.2, 0) is 9.53 Å². The van der Waals surface area contributed by atoms with E-state index in [9.17, 15) is 4.79 Å². The fourth-order valence-corrected chi connectivity index (χ4v) is 1.09. The van der Waals surface area contributed by atoms with Gasteiger partial charge in [0.25, 0.3) is 0 Å². The predicted molar refractivity (Wildman–Crippen MR) is 40.0 cm³/mol. The molecule has 0 radical (unpaired) electrons. The number of allylic oxidation sites excluding steroid dienone is 1. The monoisotopic (exact) mass is 156 g/mol. The topological polar surface area (TPSA) is 46.5 Å². The second-order valence-electron chi connectivity index (χ2n) is 2.48. The lowest BCUT2D eigenvalue weighted by atomic mass is 10.2. The van der Waals surface area contributed by atoms with Crippen LogP contribution in [0.5, 0.6) is 0 Å². The van der Waals surface area contributed by atoms with Crippen molar-refractivity contribution in [2.24, 2.45) is 0 Å². The minimum absolute atomic E-state index is 0.0982. The van der Waals surface area contributed by atoms with Crippen molar-refractivity contribution < 1.29 is 14.6 Å². The van der Waals surface area contributed by atoms with E-state index < -0.39 is 0 Å². The fourth-order valence-electron chi connectivity index (χ4n) is 1.09. The van der Waals surface area contributed by atoms with Crippen molar-refractivity contribution in [1.29, 1.82) is 0 Å². The predicted octanol–water partition coefficient (Wildman–Crippen LogP) is 0.632. The minimum atomic E-state index is -0.267. The summed E-state index contributed by atoms with van der Waals surface area (Å²) in [4.78, 5) is 11.0. The number of hydrogen-bond acceptors (Lipinski definition) is 3. The molecule has 0 aliphatic heterocycles. The number of hydrogen-bond donors (Lipinski definition) is 1. The molecule has 1 N–H and O–H groups in total. The van der Waals surface area contributed by atoms with E-state index in [2.05, 4.69) is 0 Å². The third-order valence-electron chi connectivity index (χ3n) is 1.63. The zero-order chi connectivity index (χ0) is 8.10. The van der Waals surface area contributed by atoms with Crippen LogP contribution in [0.25, 0.3) is 0 Å².